The summed E-state index contributed by atoms with van der Waals surface area (Å²) in [7, 11) is 0.860. The van der Waals surface area contributed by atoms with Crippen LogP contribution in [0, 0.1) is 0 Å². The maximum absolute atomic E-state index is 12.0. The van der Waals surface area contributed by atoms with Gasteiger partial charge in [-0.25, -0.2) is 0 Å². The molecule has 20 heavy (non-hydrogen) atoms. The van der Waals surface area contributed by atoms with Gasteiger partial charge in [0.05, 0.1) is 10.8 Å². The molecule has 1 amide bonds. The van der Waals surface area contributed by atoms with Crippen LogP contribution in [0.15, 0.2) is 33.6 Å². The van der Waals surface area contributed by atoms with Crippen LogP contribution in [0.25, 0.3) is 0 Å². The average Bonchev–Trinajstić information content (AvgIpc) is 2.44. The van der Waals surface area contributed by atoms with Crippen molar-refractivity contribution in [2.24, 2.45) is 0 Å². The first-order chi connectivity index (χ1) is 9.63. The zero-order chi connectivity index (χ0) is 14.8. The Bertz CT molecular complexity index is 437. The molecule has 0 bridgehead atoms. The Morgan fingerprint density at radius 2 is 1.90 bits per heavy atom. The zero-order valence-corrected chi connectivity index (χ0v) is 14.1. The molecule has 112 valence electrons. The van der Waals surface area contributed by atoms with Crippen LogP contribution in [0.3, 0.4) is 0 Å². The van der Waals surface area contributed by atoms with Gasteiger partial charge in [-0.2, -0.15) is 0 Å². The van der Waals surface area contributed by atoms with Crippen molar-refractivity contribution in [1.29, 1.82) is 0 Å². The molecule has 0 aliphatic rings. The predicted molar refractivity (Wildman–Crippen MR) is 86.2 cm³/mol. The van der Waals surface area contributed by atoms with E-state index in [9.17, 15) is 9.00 Å². The van der Waals surface area contributed by atoms with E-state index in [1.165, 1.54) is 0 Å². The molecule has 0 aliphatic carbocycles. The van der Waals surface area contributed by atoms with Gasteiger partial charge < -0.3 is 10.6 Å². The summed E-state index contributed by atoms with van der Waals surface area (Å²) < 4.78 is 13.0. The van der Waals surface area contributed by atoms with E-state index in [-0.39, 0.29) is 5.91 Å². The molecule has 0 saturated carbocycles. The van der Waals surface area contributed by atoms with E-state index in [4.69, 9.17) is 0 Å². The number of benzene rings is 1. The van der Waals surface area contributed by atoms with Gasteiger partial charge in [-0.15, -0.1) is 0 Å². The number of amides is 1. The molecule has 1 aromatic carbocycles. The van der Waals surface area contributed by atoms with Gasteiger partial charge >= 0.3 is 0 Å². The Balaban J connectivity index is 2.18. The Morgan fingerprint density at radius 1 is 1.20 bits per heavy atom. The number of halogens is 1. The summed E-state index contributed by atoms with van der Waals surface area (Å²) in [6.45, 7) is 1.59. The van der Waals surface area contributed by atoms with Crippen LogP contribution in [-0.4, -0.2) is 36.0 Å². The third kappa shape index (κ3) is 7.17. The van der Waals surface area contributed by atoms with Crippen molar-refractivity contribution in [3.8, 4) is 0 Å². The Morgan fingerprint density at radius 3 is 2.55 bits per heavy atom. The van der Waals surface area contributed by atoms with Crippen LogP contribution in [-0.2, 0) is 15.6 Å². The minimum atomic E-state index is -1.03. The summed E-state index contributed by atoms with van der Waals surface area (Å²) in [4.78, 5) is 12.3. The van der Waals surface area contributed by atoms with E-state index in [1.807, 2.05) is 31.3 Å². The highest BCUT2D eigenvalue weighted by atomic mass is 79.9. The molecular formula is C14H21BrN2O2S. The highest BCUT2D eigenvalue weighted by Gasteiger charge is 2.06. The lowest BCUT2D eigenvalue weighted by atomic mass is 10.3. The van der Waals surface area contributed by atoms with Crippen molar-refractivity contribution < 1.29 is 9.00 Å². The molecule has 1 rings (SSSR count). The lowest BCUT2D eigenvalue weighted by Gasteiger charge is -2.05. The van der Waals surface area contributed by atoms with Crippen LogP contribution < -0.4 is 10.6 Å². The van der Waals surface area contributed by atoms with Crippen molar-refractivity contribution in [3.05, 3.63) is 28.7 Å². The first-order valence-corrected chi connectivity index (χ1v) is 8.80. The second-order valence-corrected chi connectivity index (χ2v) is 6.90. The summed E-state index contributed by atoms with van der Waals surface area (Å²) in [5, 5.41) is 5.88. The first-order valence-electron chi connectivity index (χ1n) is 6.68. The van der Waals surface area contributed by atoms with E-state index in [0.717, 1.165) is 22.3 Å². The number of hydrogen-bond donors (Lipinski definition) is 2. The van der Waals surface area contributed by atoms with Crippen molar-refractivity contribution in [3.63, 3.8) is 0 Å². The quantitative estimate of drug-likeness (QED) is 0.662. The normalized spacial score (nSPS) is 12.1. The Kier molecular flexibility index (Phi) is 8.73. The fourth-order valence-corrected chi connectivity index (χ4v) is 3.00. The van der Waals surface area contributed by atoms with Crippen LogP contribution >= 0.6 is 15.9 Å². The van der Waals surface area contributed by atoms with Crippen LogP contribution in [0.1, 0.15) is 19.3 Å². The van der Waals surface area contributed by atoms with Gasteiger partial charge in [0.1, 0.15) is 0 Å². The van der Waals surface area contributed by atoms with Crippen molar-refractivity contribution >= 4 is 32.6 Å². The molecule has 0 heterocycles. The van der Waals surface area contributed by atoms with Gasteiger partial charge in [-0.1, -0.05) is 15.9 Å². The molecule has 0 saturated heterocycles. The second kappa shape index (κ2) is 10.1. The van der Waals surface area contributed by atoms with Gasteiger partial charge in [0, 0.05) is 28.1 Å². The SMILES string of the molecule is CNCCCNC(=O)CCCS(=O)c1ccc(Br)cc1. The fraction of sp³-hybridized carbons (Fsp3) is 0.500. The molecule has 1 unspecified atom stereocenters. The summed E-state index contributed by atoms with van der Waals surface area (Å²) >= 11 is 3.35. The summed E-state index contributed by atoms with van der Waals surface area (Å²) in [6.07, 6.45) is 2.00. The Hall–Kier alpha value is -0.720. The topological polar surface area (TPSA) is 58.2 Å². The number of hydrogen-bond acceptors (Lipinski definition) is 3. The molecule has 0 spiro atoms. The van der Waals surface area contributed by atoms with Crippen LogP contribution in [0.5, 0.6) is 0 Å². The molecule has 0 radical (unpaired) electrons. The first kappa shape index (κ1) is 17.3. The van der Waals surface area contributed by atoms with Gasteiger partial charge in [-0.05, 0) is 50.7 Å². The second-order valence-electron chi connectivity index (χ2n) is 4.41. The zero-order valence-electron chi connectivity index (χ0n) is 11.7. The minimum absolute atomic E-state index is 0.0360. The largest absolute Gasteiger partial charge is 0.356 e. The molecule has 4 nitrogen and oxygen atoms in total. The van der Waals surface area contributed by atoms with Crippen LogP contribution in [0.2, 0.25) is 0 Å². The number of rotatable bonds is 9. The van der Waals surface area contributed by atoms with Crippen molar-refractivity contribution in [1.82, 2.24) is 10.6 Å². The summed E-state index contributed by atoms with van der Waals surface area (Å²) in [5.41, 5.74) is 0. The van der Waals surface area contributed by atoms with E-state index in [2.05, 4.69) is 26.6 Å². The number of carbonyl (C=O) groups excluding carboxylic acids is 1. The summed E-state index contributed by atoms with van der Waals surface area (Å²) in [6, 6.07) is 7.44. The molecule has 0 aliphatic heterocycles. The fourth-order valence-electron chi connectivity index (χ4n) is 1.65. The number of carbonyl (C=O) groups is 1. The Labute approximate surface area is 131 Å². The molecular weight excluding hydrogens is 340 g/mol. The molecule has 0 aromatic heterocycles. The molecule has 0 fully saturated rings. The maximum atomic E-state index is 12.0. The predicted octanol–water partition coefficient (Wildman–Crippen LogP) is 2.06. The minimum Gasteiger partial charge on any atom is -0.356 e. The lowest BCUT2D eigenvalue weighted by molar-refractivity contribution is -0.121. The van der Waals surface area contributed by atoms with E-state index >= 15 is 0 Å². The molecule has 1 aromatic rings. The molecule has 2 N–H and O–H groups in total. The van der Waals surface area contributed by atoms with Crippen LogP contribution in [0.4, 0.5) is 0 Å². The third-order valence-corrected chi connectivity index (χ3v) is 4.72. The standard InChI is InChI=1S/C14H21BrN2O2S/c1-16-9-3-10-17-14(18)4-2-11-20(19)13-7-5-12(15)6-8-13/h5-8,16H,2-4,9-11H2,1H3,(H,17,18). The third-order valence-electron chi connectivity index (χ3n) is 2.74. The molecule has 1 atom stereocenters. The average molecular weight is 361 g/mol. The van der Waals surface area contributed by atoms with Gasteiger partial charge in [0.15, 0.2) is 0 Å². The van der Waals surface area contributed by atoms with Crippen molar-refractivity contribution in [2.75, 3.05) is 25.9 Å². The summed E-state index contributed by atoms with van der Waals surface area (Å²) in [5.74, 6) is 0.555. The monoisotopic (exact) mass is 360 g/mol. The number of nitrogens with one attached hydrogen (secondary N) is 2. The smallest absolute Gasteiger partial charge is 0.220 e. The molecule has 6 heteroatoms. The van der Waals surface area contributed by atoms with E-state index in [0.29, 0.717) is 25.1 Å². The highest BCUT2D eigenvalue weighted by molar-refractivity contribution is 9.10. The van der Waals surface area contributed by atoms with Gasteiger partial charge in [0.2, 0.25) is 5.91 Å². The van der Waals surface area contributed by atoms with E-state index < -0.39 is 10.8 Å². The van der Waals surface area contributed by atoms with Crippen molar-refractivity contribution in [2.45, 2.75) is 24.2 Å². The van der Waals surface area contributed by atoms with E-state index in [1.54, 1.807) is 0 Å². The van der Waals surface area contributed by atoms with Gasteiger partial charge in [-0.3, -0.25) is 9.00 Å². The highest BCUT2D eigenvalue weighted by Crippen LogP contribution is 2.14. The van der Waals surface area contributed by atoms with Gasteiger partial charge in [0.25, 0.3) is 0 Å². The maximum Gasteiger partial charge on any atom is 0.220 e. The lowest BCUT2D eigenvalue weighted by Crippen LogP contribution is -2.26.